The van der Waals surface area contributed by atoms with Crippen LogP contribution in [0.4, 0.5) is 5.69 Å². The van der Waals surface area contributed by atoms with Crippen LogP contribution >= 0.6 is 0 Å². The maximum absolute atomic E-state index is 10.8. The number of hydrogen-bond acceptors (Lipinski definition) is 11. The fourth-order valence-electron chi connectivity index (χ4n) is 5.62. The average Bonchev–Trinajstić information content (AvgIpc) is 3.03. The third kappa shape index (κ3) is 10.2. The van der Waals surface area contributed by atoms with Gasteiger partial charge in [0.15, 0.2) is 0 Å². The highest BCUT2D eigenvalue weighted by Gasteiger charge is 2.36. The Morgan fingerprint density at radius 3 is 2.48 bits per heavy atom. The van der Waals surface area contributed by atoms with Gasteiger partial charge in [0.05, 0.1) is 44.3 Å². The SMILES string of the molecule is COCCCCOc1ccc([C@@H]2[C@@H](OCc3ccc4c(c3)N(CCCOC)CCO4)CNC[C@H]2OC[C@H](C)O[N+](=O)[O-])cc1. The molecule has 4 rings (SSSR count). The predicted molar refractivity (Wildman–Crippen MR) is 165 cm³/mol. The maximum atomic E-state index is 10.8. The molecule has 1 saturated heterocycles. The molecule has 244 valence electrons. The van der Waals surface area contributed by atoms with Crippen LogP contribution in [0.15, 0.2) is 42.5 Å². The number of nitrogens with one attached hydrogen (secondary N) is 1. The number of piperidine rings is 1. The Hall–Kier alpha value is -3.16. The molecule has 2 heterocycles. The van der Waals surface area contributed by atoms with Crippen molar-refractivity contribution < 1.29 is 38.3 Å². The molecule has 2 aliphatic heterocycles. The topological polar surface area (TPSA) is 123 Å². The van der Waals surface area contributed by atoms with Crippen molar-refractivity contribution in [2.24, 2.45) is 0 Å². The van der Waals surface area contributed by atoms with Crippen LogP contribution in [0.1, 0.15) is 43.2 Å². The molecule has 0 saturated carbocycles. The number of unbranched alkanes of at least 4 members (excludes halogenated alkanes) is 1. The smallest absolute Gasteiger partial charge is 0.294 e. The summed E-state index contributed by atoms with van der Waals surface area (Å²) in [6, 6.07) is 14.3. The second-order valence-electron chi connectivity index (χ2n) is 11.1. The molecule has 12 heteroatoms. The van der Waals surface area contributed by atoms with Crippen molar-refractivity contribution in [2.75, 3.05) is 78.3 Å². The van der Waals surface area contributed by atoms with Crippen molar-refractivity contribution in [2.45, 2.75) is 57.0 Å². The monoisotopic (exact) mass is 617 g/mol. The minimum Gasteiger partial charge on any atom is -0.494 e. The molecule has 0 aliphatic carbocycles. The lowest BCUT2D eigenvalue weighted by molar-refractivity contribution is -0.768. The van der Waals surface area contributed by atoms with E-state index in [9.17, 15) is 10.1 Å². The highest BCUT2D eigenvalue weighted by atomic mass is 17.0. The average molecular weight is 618 g/mol. The standard InChI is InChI=1S/C32H47N3O9/c1-24(44-35(36)37)22-42-30-20-33-21-31(32(30)26-8-10-27(11-9-26)40-17-5-4-15-38-2)43-23-25-7-12-29-28(19-25)34(14-18-41-29)13-6-16-39-3/h7-12,19,24,30-33H,4-6,13-18,20-23H2,1-3H3/t24-,30+,31-,32-/m0/s1. The van der Waals surface area contributed by atoms with E-state index in [0.29, 0.717) is 39.5 Å². The molecule has 0 amide bonds. The van der Waals surface area contributed by atoms with E-state index in [1.807, 2.05) is 24.3 Å². The summed E-state index contributed by atoms with van der Waals surface area (Å²) in [6.07, 6.45) is 1.64. The van der Waals surface area contributed by atoms with Crippen LogP contribution in [0.5, 0.6) is 11.5 Å². The van der Waals surface area contributed by atoms with Gasteiger partial charge in [0.1, 0.15) is 24.2 Å². The number of benzene rings is 2. The first-order valence-corrected chi connectivity index (χ1v) is 15.4. The summed E-state index contributed by atoms with van der Waals surface area (Å²) >= 11 is 0. The molecule has 1 fully saturated rings. The first-order valence-electron chi connectivity index (χ1n) is 15.4. The number of ether oxygens (including phenoxy) is 6. The summed E-state index contributed by atoms with van der Waals surface area (Å²) in [5.41, 5.74) is 3.18. The van der Waals surface area contributed by atoms with Gasteiger partial charge in [0, 0.05) is 53.0 Å². The molecule has 1 N–H and O–H groups in total. The third-order valence-corrected chi connectivity index (χ3v) is 7.80. The Morgan fingerprint density at radius 2 is 1.73 bits per heavy atom. The lowest BCUT2D eigenvalue weighted by Crippen LogP contribution is -2.51. The molecular weight excluding hydrogens is 570 g/mol. The van der Waals surface area contributed by atoms with Gasteiger partial charge in [-0.3, -0.25) is 0 Å². The zero-order chi connectivity index (χ0) is 31.1. The Labute approximate surface area is 259 Å². The Bertz CT molecular complexity index is 1140. The van der Waals surface area contributed by atoms with E-state index < -0.39 is 11.2 Å². The normalized spacial score (nSPS) is 20.4. The molecule has 0 radical (unpaired) electrons. The van der Waals surface area contributed by atoms with Crippen LogP contribution in [-0.2, 0) is 30.4 Å². The van der Waals surface area contributed by atoms with Crippen molar-refractivity contribution in [1.29, 1.82) is 0 Å². The van der Waals surface area contributed by atoms with Gasteiger partial charge in [-0.05, 0) is 61.6 Å². The lowest BCUT2D eigenvalue weighted by Gasteiger charge is -2.39. The number of fused-ring (bicyclic) bond motifs is 1. The van der Waals surface area contributed by atoms with Crippen LogP contribution < -0.4 is 19.7 Å². The van der Waals surface area contributed by atoms with Crippen LogP contribution in [0.2, 0.25) is 0 Å². The summed E-state index contributed by atoms with van der Waals surface area (Å²) in [7, 11) is 3.42. The largest absolute Gasteiger partial charge is 0.494 e. The van der Waals surface area contributed by atoms with E-state index in [4.69, 9.17) is 28.4 Å². The molecule has 0 aromatic heterocycles. The number of hydrogen-bond donors (Lipinski definition) is 1. The van der Waals surface area contributed by atoms with Crippen LogP contribution in [0, 0.1) is 10.1 Å². The number of rotatable bonds is 19. The van der Waals surface area contributed by atoms with Gasteiger partial charge < -0.3 is 43.5 Å². The highest BCUT2D eigenvalue weighted by molar-refractivity contribution is 5.61. The molecule has 44 heavy (non-hydrogen) atoms. The Balaban J connectivity index is 1.45. The van der Waals surface area contributed by atoms with Crippen molar-refractivity contribution in [3.8, 4) is 11.5 Å². The zero-order valence-electron chi connectivity index (χ0n) is 26.1. The van der Waals surface area contributed by atoms with E-state index in [0.717, 1.165) is 67.3 Å². The van der Waals surface area contributed by atoms with E-state index in [1.54, 1.807) is 21.1 Å². The molecule has 0 unspecified atom stereocenters. The summed E-state index contributed by atoms with van der Waals surface area (Å²) < 4.78 is 35.0. The summed E-state index contributed by atoms with van der Waals surface area (Å²) in [6.45, 7) is 7.80. The third-order valence-electron chi connectivity index (χ3n) is 7.80. The predicted octanol–water partition coefficient (Wildman–Crippen LogP) is 3.98. The van der Waals surface area contributed by atoms with Crippen molar-refractivity contribution >= 4 is 5.69 Å². The second-order valence-corrected chi connectivity index (χ2v) is 11.1. The first-order chi connectivity index (χ1) is 21.5. The van der Waals surface area contributed by atoms with Gasteiger partial charge >= 0.3 is 0 Å². The molecule has 4 atom stereocenters. The highest BCUT2D eigenvalue weighted by Crippen LogP contribution is 2.35. The molecule has 2 aliphatic rings. The molecule has 2 aromatic rings. The van der Waals surface area contributed by atoms with E-state index in [2.05, 4.69) is 33.3 Å². The number of anilines is 1. The quantitative estimate of drug-likeness (QED) is 0.140. The van der Waals surface area contributed by atoms with Gasteiger partial charge in [-0.15, -0.1) is 10.1 Å². The second kappa shape index (κ2) is 18.0. The van der Waals surface area contributed by atoms with Gasteiger partial charge in [-0.25, -0.2) is 0 Å². The fourth-order valence-corrected chi connectivity index (χ4v) is 5.62. The van der Waals surface area contributed by atoms with Gasteiger partial charge in [-0.1, -0.05) is 18.2 Å². The van der Waals surface area contributed by atoms with Crippen molar-refractivity contribution in [1.82, 2.24) is 5.32 Å². The van der Waals surface area contributed by atoms with E-state index in [1.165, 1.54) is 0 Å². The van der Waals surface area contributed by atoms with Crippen LogP contribution in [0.3, 0.4) is 0 Å². The number of nitrogens with zero attached hydrogens (tertiary/aromatic N) is 2. The lowest BCUT2D eigenvalue weighted by atomic mass is 9.85. The molecular formula is C32H47N3O9. The first kappa shape index (κ1) is 33.7. The van der Waals surface area contributed by atoms with Gasteiger partial charge in [-0.2, -0.15) is 0 Å². The van der Waals surface area contributed by atoms with E-state index >= 15 is 0 Å². The zero-order valence-corrected chi connectivity index (χ0v) is 26.1. The minimum atomic E-state index is -0.785. The van der Waals surface area contributed by atoms with Crippen LogP contribution in [0.25, 0.3) is 0 Å². The molecule has 2 aromatic carbocycles. The summed E-state index contributed by atoms with van der Waals surface area (Å²) in [5, 5.41) is 13.5. The Kier molecular flexibility index (Phi) is 13.8. The van der Waals surface area contributed by atoms with Crippen LogP contribution in [-0.4, -0.2) is 96.8 Å². The molecule has 0 bridgehead atoms. The van der Waals surface area contributed by atoms with E-state index in [-0.39, 0.29) is 24.7 Å². The van der Waals surface area contributed by atoms with Crippen molar-refractivity contribution in [3.05, 3.63) is 63.7 Å². The van der Waals surface area contributed by atoms with Gasteiger partial charge in [0.2, 0.25) is 0 Å². The molecule has 0 spiro atoms. The van der Waals surface area contributed by atoms with Crippen molar-refractivity contribution in [3.63, 3.8) is 0 Å². The maximum Gasteiger partial charge on any atom is 0.294 e. The summed E-state index contributed by atoms with van der Waals surface area (Å²) in [4.78, 5) is 17.8. The van der Waals surface area contributed by atoms with Gasteiger partial charge in [0.25, 0.3) is 5.09 Å². The number of methoxy groups -OCH3 is 2. The fraction of sp³-hybridized carbons (Fsp3) is 0.625. The molecule has 12 nitrogen and oxygen atoms in total. The summed E-state index contributed by atoms with van der Waals surface area (Å²) in [5.74, 6) is 1.57. The minimum absolute atomic E-state index is 0.0863. The Morgan fingerprint density at radius 1 is 1.00 bits per heavy atom.